The monoisotopic (exact) mass is 281 g/mol. The third-order valence-electron chi connectivity index (χ3n) is 3.75. The normalized spacial score (nSPS) is 21.2. The lowest BCUT2D eigenvalue weighted by Crippen LogP contribution is -2.52. The molecule has 5 nitrogen and oxygen atoms in total. The molecule has 2 aliphatic heterocycles. The van der Waals surface area contributed by atoms with Crippen molar-refractivity contribution in [3.8, 4) is 0 Å². The van der Waals surface area contributed by atoms with Gasteiger partial charge in [0.05, 0.1) is 5.69 Å². The van der Waals surface area contributed by atoms with Crippen LogP contribution in [0.25, 0.3) is 0 Å². The van der Waals surface area contributed by atoms with Gasteiger partial charge in [0.1, 0.15) is 0 Å². The summed E-state index contributed by atoms with van der Waals surface area (Å²) in [4.78, 5) is 0. The molecule has 0 saturated carbocycles. The highest BCUT2D eigenvalue weighted by atomic mass is 32.2. The molecule has 1 aromatic carbocycles. The van der Waals surface area contributed by atoms with Crippen LogP contribution < -0.4 is 9.62 Å². The van der Waals surface area contributed by atoms with Gasteiger partial charge < -0.3 is 5.32 Å². The Balaban J connectivity index is 1.94. The average Bonchev–Trinajstić information content (AvgIpc) is 2.47. The second kappa shape index (κ2) is 5.11. The van der Waals surface area contributed by atoms with Gasteiger partial charge in [0.2, 0.25) is 0 Å². The first kappa shape index (κ1) is 12.9. The molecule has 0 aliphatic carbocycles. The van der Waals surface area contributed by atoms with E-state index in [0.29, 0.717) is 19.6 Å². The Kier molecular flexibility index (Phi) is 3.47. The van der Waals surface area contributed by atoms with Crippen LogP contribution in [0.15, 0.2) is 24.3 Å². The molecule has 2 heterocycles. The number of rotatable bonds is 2. The smallest absolute Gasteiger partial charge is 0.304 e. The van der Waals surface area contributed by atoms with Crippen molar-refractivity contribution in [1.29, 1.82) is 0 Å². The third kappa shape index (κ3) is 2.35. The Hall–Kier alpha value is -1.11. The van der Waals surface area contributed by atoms with Gasteiger partial charge in [-0.15, -0.1) is 0 Å². The van der Waals surface area contributed by atoms with Gasteiger partial charge in [-0.1, -0.05) is 18.2 Å². The Bertz CT molecular complexity index is 553. The topological polar surface area (TPSA) is 52.7 Å². The van der Waals surface area contributed by atoms with Crippen molar-refractivity contribution in [2.75, 3.05) is 37.0 Å². The van der Waals surface area contributed by atoms with Crippen molar-refractivity contribution in [2.45, 2.75) is 12.8 Å². The van der Waals surface area contributed by atoms with Crippen LogP contribution in [0.3, 0.4) is 0 Å². The Morgan fingerprint density at radius 3 is 2.58 bits per heavy atom. The first-order valence-corrected chi connectivity index (χ1v) is 8.16. The maximum absolute atomic E-state index is 12.7. The molecule has 0 bridgehead atoms. The largest absolute Gasteiger partial charge is 0.314 e. The molecule has 0 unspecified atom stereocenters. The molecule has 3 rings (SSSR count). The second-order valence-corrected chi connectivity index (χ2v) is 6.81. The third-order valence-corrected chi connectivity index (χ3v) is 5.70. The standard InChI is InChI=1S/C13H19N3O2S/c17-19(18,15-10-7-14-8-11-15)16-9-3-5-12-4-1-2-6-13(12)16/h1-2,4,6,14H,3,5,7-11H2. The molecule has 19 heavy (non-hydrogen) atoms. The zero-order valence-electron chi connectivity index (χ0n) is 10.9. The highest BCUT2D eigenvalue weighted by Gasteiger charge is 2.33. The molecular formula is C13H19N3O2S. The van der Waals surface area contributed by atoms with Gasteiger partial charge >= 0.3 is 10.2 Å². The van der Waals surface area contributed by atoms with Crippen molar-refractivity contribution >= 4 is 15.9 Å². The molecule has 104 valence electrons. The van der Waals surface area contributed by atoms with Crippen molar-refractivity contribution in [1.82, 2.24) is 9.62 Å². The summed E-state index contributed by atoms with van der Waals surface area (Å²) in [5.41, 5.74) is 1.99. The fourth-order valence-electron chi connectivity index (χ4n) is 2.75. The number of fused-ring (bicyclic) bond motifs is 1. The molecular weight excluding hydrogens is 262 g/mol. The molecule has 6 heteroatoms. The summed E-state index contributed by atoms with van der Waals surface area (Å²) in [7, 11) is -3.37. The predicted molar refractivity (Wildman–Crippen MR) is 75.5 cm³/mol. The predicted octanol–water partition coefficient (Wildman–Crippen LogP) is 0.589. The number of piperazine rings is 1. The van der Waals surface area contributed by atoms with Crippen molar-refractivity contribution in [3.63, 3.8) is 0 Å². The number of aryl methyl sites for hydroxylation is 1. The Morgan fingerprint density at radius 2 is 1.79 bits per heavy atom. The Labute approximate surface area is 114 Å². The fraction of sp³-hybridized carbons (Fsp3) is 0.538. The minimum absolute atomic E-state index is 0.557. The molecule has 0 atom stereocenters. The lowest BCUT2D eigenvalue weighted by Gasteiger charge is -2.36. The van der Waals surface area contributed by atoms with E-state index in [2.05, 4.69) is 5.32 Å². The van der Waals surface area contributed by atoms with Crippen LogP contribution in [-0.2, 0) is 16.6 Å². The van der Waals surface area contributed by atoms with Gasteiger partial charge in [-0.25, -0.2) is 0 Å². The van der Waals surface area contributed by atoms with Crippen LogP contribution in [0.5, 0.6) is 0 Å². The van der Waals surface area contributed by atoms with Gasteiger partial charge in [0.15, 0.2) is 0 Å². The molecule has 2 aliphatic rings. The summed E-state index contributed by atoms with van der Waals surface area (Å²) < 4.78 is 28.6. The number of para-hydroxylation sites is 1. The number of hydrogen-bond donors (Lipinski definition) is 1. The van der Waals surface area contributed by atoms with E-state index >= 15 is 0 Å². The van der Waals surface area contributed by atoms with Crippen molar-refractivity contribution < 1.29 is 8.42 Å². The number of benzene rings is 1. The zero-order valence-corrected chi connectivity index (χ0v) is 11.7. The van der Waals surface area contributed by atoms with Gasteiger partial charge in [0.25, 0.3) is 0 Å². The fourth-order valence-corrected chi connectivity index (χ4v) is 4.46. The summed E-state index contributed by atoms with van der Waals surface area (Å²) in [6.45, 7) is 3.16. The molecule has 0 amide bonds. The zero-order chi connectivity index (χ0) is 13.3. The highest BCUT2D eigenvalue weighted by Crippen LogP contribution is 2.30. The van der Waals surface area contributed by atoms with E-state index in [1.807, 2.05) is 24.3 Å². The summed E-state index contributed by atoms with van der Waals surface area (Å²) in [6.07, 6.45) is 1.85. The molecule has 1 N–H and O–H groups in total. The van der Waals surface area contributed by atoms with Crippen LogP contribution in [-0.4, -0.2) is 45.4 Å². The van der Waals surface area contributed by atoms with E-state index in [4.69, 9.17) is 0 Å². The maximum atomic E-state index is 12.7. The lowest BCUT2D eigenvalue weighted by atomic mass is 10.0. The molecule has 1 aromatic rings. The second-order valence-electron chi connectivity index (χ2n) is 4.96. The lowest BCUT2D eigenvalue weighted by molar-refractivity contribution is 0.358. The van der Waals surface area contributed by atoms with E-state index in [-0.39, 0.29) is 0 Å². The van der Waals surface area contributed by atoms with Crippen LogP contribution in [0.1, 0.15) is 12.0 Å². The van der Waals surface area contributed by atoms with Crippen molar-refractivity contribution in [3.05, 3.63) is 29.8 Å². The quantitative estimate of drug-likeness (QED) is 0.863. The Morgan fingerprint density at radius 1 is 1.05 bits per heavy atom. The van der Waals surface area contributed by atoms with Gasteiger partial charge in [-0.05, 0) is 24.5 Å². The molecule has 1 fully saturated rings. The summed E-state index contributed by atoms with van der Waals surface area (Å²) in [6, 6.07) is 7.81. The number of nitrogens with zero attached hydrogens (tertiary/aromatic N) is 2. The number of anilines is 1. The van der Waals surface area contributed by atoms with Gasteiger partial charge in [-0.3, -0.25) is 4.31 Å². The molecule has 0 spiro atoms. The maximum Gasteiger partial charge on any atom is 0.304 e. The van der Waals surface area contributed by atoms with Crippen molar-refractivity contribution in [2.24, 2.45) is 0 Å². The van der Waals surface area contributed by atoms with Crippen LogP contribution >= 0.6 is 0 Å². The highest BCUT2D eigenvalue weighted by molar-refractivity contribution is 7.90. The van der Waals surface area contributed by atoms with E-state index in [1.165, 1.54) is 0 Å². The molecule has 0 aromatic heterocycles. The van der Waals surface area contributed by atoms with Crippen LogP contribution in [0.2, 0.25) is 0 Å². The summed E-state index contributed by atoms with van der Waals surface area (Å²) in [5.74, 6) is 0. The van der Waals surface area contributed by atoms with E-state index in [1.54, 1.807) is 8.61 Å². The minimum Gasteiger partial charge on any atom is -0.314 e. The SMILES string of the molecule is O=S(=O)(N1CCNCC1)N1CCCc2ccccc21. The molecule has 0 radical (unpaired) electrons. The summed E-state index contributed by atoms with van der Waals surface area (Å²) in [5, 5.41) is 3.18. The van der Waals surface area contributed by atoms with E-state index in [9.17, 15) is 8.42 Å². The first-order valence-electron chi connectivity index (χ1n) is 6.76. The summed E-state index contributed by atoms with van der Waals surface area (Å²) >= 11 is 0. The van der Waals surface area contributed by atoms with E-state index < -0.39 is 10.2 Å². The number of nitrogens with one attached hydrogen (secondary N) is 1. The van der Waals surface area contributed by atoms with Crippen LogP contribution in [0.4, 0.5) is 5.69 Å². The van der Waals surface area contributed by atoms with Gasteiger partial charge in [0, 0.05) is 32.7 Å². The van der Waals surface area contributed by atoms with E-state index in [0.717, 1.165) is 37.2 Å². The number of hydrogen-bond acceptors (Lipinski definition) is 3. The average molecular weight is 281 g/mol. The minimum atomic E-state index is -3.37. The van der Waals surface area contributed by atoms with Gasteiger partial charge in [-0.2, -0.15) is 12.7 Å². The first-order chi connectivity index (χ1) is 9.19. The molecule has 1 saturated heterocycles. The van der Waals surface area contributed by atoms with Crippen LogP contribution in [0, 0.1) is 0 Å².